The minimum absolute atomic E-state index is 0.0148. The Morgan fingerprint density at radius 3 is 1.57 bits per heavy atom. The molecule has 65 heavy (non-hydrogen) atoms. The lowest BCUT2D eigenvalue weighted by molar-refractivity contribution is -0.144. The summed E-state index contributed by atoms with van der Waals surface area (Å²) in [5.74, 6) is -8.26. The van der Waals surface area contributed by atoms with Crippen molar-refractivity contribution in [3.8, 4) is 0 Å². The lowest BCUT2D eigenvalue weighted by atomic mass is 10.0. The van der Waals surface area contributed by atoms with Crippen LogP contribution in [0.1, 0.15) is 103 Å². The van der Waals surface area contributed by atoms with Gasteiger partial charge in [0.1, 0.15) is 36.3 Å². The number of carboxylic acid groups (broad SMARTS) is 2. The Hall–Kier alpha value is -5.92. The summed E-state index contributed by atoms with van der Waals surface area (Å²) >= 11 is 0. The maximum absolute atomic E-state index is 14.2. The van der Waals surface area contributed by atoms with Gasteiger partial charge in [0, 0.05) is 24.9 Å². The van der Waals surface area contributed by atoms with Gasteiger partial charge in [-0.1, -0.05) is 20.3 Å². The number of aromatic amines is 1. The number of aliphatic imine (C=N–C) groups is 1. The highest BCUT2D eigenvalue weighted by molar-refractivity contribution is 5.97. The topological polar surface area (TPSA) is 446 Å². The first-order valence-electron chi connectivity index (χ1n) is 22.0. The second-order valence-electron chi connectivity index (χ2n) is 16.1. The van der Waals surface area contributed by atoms with Crippen molar-refractivity contribution in [1.29, 1.82) is 0 Å². The summed E-state index contributed by atoms with van der Waals surface area (Å²) < 4.78 is 0. The number of hydrogen-bond donors (Lipinski definition) is 15. The van der Waals surface area contributed by atoms with E-state index in [1.807, 2.05) is 13.8 Å². The molecule has 1 heterocycles. The van der Waals surface area contributed by atoms with E-state index in [4.69, 9.17) is 34.4 Å². The quantitative estimate of drug-likeness (QED) is 0.0177. The molecule has 0 radical (unpaired) electrons. The monoisotopic (exact) mass is 924 g/mol. The molecular formula is C40H73N15O10. The maximum atomic E-state index is 14.2. The van der Waals surface area contributed by atoms with E-state index in [9.17, 15) is 48.6 Å². The molecule has 0 aliphatic carbocycles. The summed E-state index contributed by atoms with van der Waals surface area (Å²) in [5, 5.41) is 34.5. The van der Waals surface area contributed by atoms with Crippen LogP contribution in [0.15, 0.2) is 17.5 Å². The maximum Gasteiger partial charge on any atom is 0.326 e. The first-order chi connectivity index (χ1) is 30.8. The number of carbonyl (C=O) groups is 8. The first-order valence-corrected chi connectivity index (χ1v) is 22.0. The summed E-state index contributed by atoms with van der Waals surface area (Å²) in [6.45, 7) is 4.72. The van der Waals surface area contributed by atoms with E-state index in [2.05, 4.69) is 46.9 Å². The zero-order valence-corrected chi connectivity index (χ0v) is 37.5. The van der Waals surface area contributed by atoms with E-state index >= 15 is 0 Å². The fourth-order valence-corrected chi connectivity index (χ4v) is 6.48. The molecule has 1 rings (SSSR count). The van der Waals surface area contributed by atoms with E-state index in [0.717, 1.165) is 0 Å². The van der Waals surface area contributed by atoms with Crippen LogP contribution in [0.3, 0.4) is 0 Å². The molecule has 25 heteroatoms. The zero-order chi connectivity index (χ0) is 48.9. The Bertz CT molecular complexity index is 1680. The summed E-state index contributed by atoms with van der Waals surface area (Å²) in [7, 11) is 0. The van der Waals surface area contributed by atoms with Gasteiger partial charge in [-0.15, -0.1) is 0 Å². The predicted octanol–water partition coefficient (Wildman–Crippen LogP) is -3.77. The first kappa shape index (κ1) is 57.1. The van der Waals surface area contributed by atoms with Crippen molar-refractivity contribution >= 4 is 53.3 Å². The van der Waals surface area contributed by atoms with Crippen molar-refractivity contribution in [2.75, 3.05) is 26.2 Å². The van der Waals surface area contributed by atoms with E-state index in [1.54, 1.807) is 0 Å². The Morgan fingerprint density at radius 2 is 1.06 bits per heavy atom. The Morgan fingerprint density at radius 1 is 0.615 bits per heavy atom. The van der Waals surface area contributed by atoms with Gasteiger partial charge in [-0.25, -0.2) is 9.78 Å². The molecule has 0 fully saturated rings. The van der Waals surface area contributed by atoms with Crippen LogP contribution in [0, 0.1) is 5.92 Å². The fraction of sp³-hybridized carbons (Fsp3) is 0.700. The smallest absolute Gasteiger partial charge is 0.326 e. The number of hydrogen-bond acceptors (Lipinski definition) is 14. The zero-order valence-electron chi connectivity index (χ0n) is 37.5. The van der Waals surface area contributed by atoms with E-state index < -0.39 is 96.1 Å². The predicted molar refractivity (Wildman–Crippen MR) is 240 cm³/mol. The minimum Gasteiger partial charge on any atom is -0.481 e. The number of carboxylic acids is 2. The average molecular weight is 924 g/mol. The molecule has 0 saturated heterocycles. The summed E-state index contributed by atoms with van der Waals surface area (Å²) in [6, 6.07) is -9.28. The number of unbranched alkanes of at least 4 members (excludes halogenated alkanes) is 3. The van der Waals surface area contributed by atoms with Gasteiger partial charge in [0.15, 0.2) is 5.96 Å². The minimum atomic E-state index is -1.77. The molecule has 0 unspecified atom stereocenters. The molecule has 25 nitrogen and oxygen atoms in total. The van der Waals surface area contributed by atoms with Gasteiger partial charge in [-0.05, 0) is 96.2 Å². The van der Waals surface area contributed by atoms with Crippen molar-refractivity contribution < 1.29 is 48.6 Å². The standard InChI is InChI=1S/C40H73N15O10/c1-23(2)18-29(53-34(59)26(11-4-7-15-42)50-33(58)25(44)10-3-6-14-41)36(61)51-27(13-9-17-48-40(45)46)35(60)54-30(19-24-21-47-22-49-24)37(62)55-31(20-32(56)57)38(63)52-28(39(64)65)12-5-8-16-43/h21-23,25-31H,3-20,41-44H2,1-2H3,(H,47,49)(H,50,58)(H,51,61)(H,52,63)(H,53,59)(H,54,60)(H,55,62)(H,56,57)(H,64,65)(H4,45,46,48)/t25-,26-,27-,28-,29-,30-,31-/m0/s1. The molecule has 7 atom stereocenters. The number of H-pyrrole nitrogens is 1. The second kappa shape index (κ2) is 31.9. The largest absolute Gasteiger partial charge is 0.481 e. The number of nitrogens with zero attached hydrogens (tertiary/aromatic N) is 2. The van der Waals surface area contributed by atoms with Gasteiger partial charge in [0.25, 0.3) is 0 Å². The number of rotatable bonds is 35. The van der Waals surface area contributed by atoms with Gasteiger partial charge in [0.05, 0.1) is 18.8 Å². The summed E-state index contributed by atoms with van der Waals surface area (Å²) in [6.07, 6.45) is 5.28. The van der Waals surface area contributed by atoms with E-state index in [-0.39, 0.29) is 63.5 Å². The average Bonchev–Trinajstić information content (AvgIpc) is 3.75. The van der Waals surface area contributed by atoms with Crippen LogP contribution in [-0.4, -0.2) is 142 Å². The van der Waals surface area contributed by atoms with Crippen LogP contribution in [0.5, 0.6) is 0 Å². The number of carbonyl (C=O) groups excluding carboxylic acids is 6. The Kier molecular flexibility index (Phi) is 28.0. The third kappa shape index (κ3) is 24.1. The molecule has 0 aromatic carbocycles. The normalized spacial score (nSPS) is 14.3. The van der Waals surface area contributed by atoms with Crippen molar-refractivity contribution in [1.82, 2.24) is 41.9 Å². The van der Waals surface area contributed by atoms with Gasteiger partial charge < -0.3 is 81.5 Å². The lowest BCUT2D eigenvalue weighted by Gasteiger charge is -2.28. The van der Waals surface area contributed by atoms with Crippen LogP contribution in [0.2, 0.25) is 0 Å². The summed E-state index contributed by atoms with van der Waals surface area (Å²) in [5.41, 5.74) is 34.1. The van der Waals surface area contributed by atoms with Gasteiger partial charge >= 0.3 is 11.9 Å². The number of imidazole rings is 1. The van der Waals surface area contributed by atoms with Crippen molar-refractivity contribution in [3.05, 3.63) is 18.2 Å². The highest BCUT2D eigenvalue weighted by atomic mass is 16.4. The molecule has 6 amide bonds. The highest BCUT2D eigenvalue weighted by Gasteiger charge is 2.35. The van der Waals surface area contributed by atoms with Crippen LogP contribution < -0.4 is 66.3 Å². The van der Waals surface area contributed by atoms with Crippen molar-refractivity contribution in [2.24, 2.45) is 45.3 Å². The number of aliphatic carboxylic acids is 2. The number of guanidine groups is 1. The lowest BCUT2D eigenvalue weighted by Crippen LogP contribution is -2.60. The van der Waals surface area contributed by atoms with Gasteiger partial charge in [-0.3, -0.25) is 38.6 Å². The van der Waals surface area contributed by atoms with Crippen molar-refractivity contribution in [2.45, 2.75) is 146 Å². The summed E-state index contributed by atoms with van der Waals surface area (Å²) in [4.78, 5) is 117. The van der Waals surface area contributed by atoms with Crippen LogP contribution in [0.25, 0.3) is 0 Å². The van der Waals surface area contributed by atoms with Crippen molar-refractivity contribution in [3.63, 3.8) is 0 Å². The fourth-order valence-electron chi connectivity index (χ4n) is 6.48. The number of nitrogens with two attached hydrogens (primary N) is 6. The SMILES string of the molecule is CC(C)C[C@H](NC(=O)[C@H](CCCCN)NC(=O)[C@@H](N)CCCCN)C(=O)N[C@@H](CCCN=C(N)N)C(=O)N[C@@H](Cc1cnc[nH]1)C(=O)N[C@@H](CC(=O)O)C(=O)N[C@@H](CCCCN)C(=O)O. The molecule has 1 aromatic heterocycles. The Labute approximate surface area is 378 Å². The van der Waals surface area contributed by atoms with Gasteiger partial charge in [-0.2, -0.15) is 0 Å². The second-order valence-corrected chi connectivity index (χ2v) is 16.1. The van der Waals surface area contributed by atoms with Gasteiger partial charge in [0.2, 0.25) is 35.4 Å². The molecule has 21 N–H and O–H groups in total. The molecule has 0 spiro atoms. The third-order valence-corrected chi connectivity index (χ3v) is 9.99. The molecule has 0 aliphatic rings. The number of amides is 6. The van der Waals surface area contributed by atoms with Crippen LogP contribution >= 0.6 is 0 Å². The molecule has 0 saturated carbocycles. The molecule has 1 aromatic rings. The van der Waals surface area contributed by atoms with E-state index in [1.165, 1.54) is 12.5 Å². The molecule has 0 aliphatic heterocycles. The number of nitrogens with one attached hydrogen (secondary N) is 7. The molecule has 0 bridgehead atoms. The molecular weight excluding hydrogens is 851 g/mol. The number of aromatic nitrogens is 2. The van der Waals surface area contributed by atoms with Crippen LogP contribution in [-0.2, 0) is 44.8 Å². The highest BCUT2D eigenvalue weighted by Crippen LogP contribution is 2.11. The Balaban J connectivity index is 3.48. The van der Waals surface area contributed by atoms with Crippen LogP contribution in [0.4, 0.5) is 0 Å². The third-order valence-electron chi connectivity index (χ3n) is 9.99. The molecule has 368 valence electrons. The van der Waals surface area contributed by atoms with E-state index in [0.29, 0.717) is 63.7 Å².